The van der Waals surface area contributed by atoms with Crippen LogP contribution in [0.2, 0.25) is 0 Å². The van der Waals surface area contributed by atoms with Gasteiger partial charge in [0.1, 0.15) is 5.78 Å². The molecular weight excluding hydrogens is 332 g/mol. The Bertz CT molecular complexity index is 507. The Morgan fingerprint density at radius 1 is 1.27 bits per heavy atom. The molecule has 0 saturated heterocycles. The van der Waals surface area contributed by atoms with Crippen LogP contribution in [0.5, 0.6) is 0 Å². The lowest BCUT2D eigenvalue weighted by Gasteiger charge is -2.21. The van der Waals surface area contributed by atoms with E-state index in [-0.39, 0.29) is 30.5 Å². The minimum atomic E-state index is -0.919. The van der Waals surface area contributed by atoms with Crippen LogP contribution in [0.15, 0.2) is 24.3 Å². The first kappa shape index (κ1) is 22.6. The van der Waals surface area contributed by atoms with Gasteiger partial charge in [0.25, 0.3) is 0 Å². The summed E-state index contributed by atoms with van der Waals surface area (Å²) >= 11 is 0. The van der Waals surface area contributed by atoms with Gasteiger partial charge in [-0.15, -0.1) is 0 Å². The van der Waals surface area contributed by atoms with Gasteiger partial charge in [-0.25, -0.2) is 0 Å². The maximum absolute atomic E-state index is 12.2. The molecule has 5 nitrogen and oxygen atoms in total. The topological polar surface area (TPSA) is 94.8 Å². The van der Waals surface area contributed by atoms with Crippen molar-refractivity contribution in [1.29, 1.82) is 0 Å². The van der Waals surface area contributed by atoms with E-state index in [1.165, 1.54) is 0 Å². The van der Waals surface area contributed by atoms with Crippen LogP contribution >= 0.6 is 0 Å². The molecule has 0 aromatic carbocycles. The maximum atomic E-state index is 12.2. The molecule has 1 aliphatic rings. The van der Waals surface area contributed by atoms with Crippen molar-refractivity contribution in [3.8, 4) is 0 Å². The number of aliphatic hydroxyl groups excluding tert-OH is 1. The van der Waals surface area contributed by atoms with Crippen LogP contribution in [0.3, 0.4) is 0 Å². The van der Waals surface area contributed by atoms with Crippen LogP contribution in [-0.2, 0) is 9.59 Å². The zero-order valence-electron chi connectivity index (χ0n) is 16.1. The highest BCUT2D eigenvalue weighted by atomic mass is 16.4. The van der Waals surface area contributed by atoms with Crippen molar-refractivity contribution in [1.82, 2.24) is 0 Å². The number of carbonyl (C=O) groups is 2. The van der Waals surface area contributed by atoms with E-state index in [0.717, 1.165) is 19.3 Å². The maximum Gasteiger partial charge on any atom is 0.303 e. The number of rotatable bonds is 12. The predicted molar refractivity (Wildman–Crippen MR) is 102 cm³/mol. The molecule has 0 bridgehead atoms. The third-order valence-corrected chi connectivity index (χ3v) is 5.01. The van der Waals surface area contributed by atoms with Gasteiger partial charge in [-0.05, 0) is 32.6 Å². The third-order valence-electron chi connectivity index (χ3n) is 5.01. The normalized spacial score (nSPS) is 26.0. The fraction of sp³-hybridized carbons (Fsp3) is 0.714. The van der Waals surface area contributed by atoms with Crippen molar-refractivity contribution in [2.24, 2.45) is 11.8 Å². The Hall–Kier alpha value is -1.46. The number of aliphatic hydroxyl groups is 2. The smallest absolute Gasteiger partial charge is 0.303 e. The Labute approximate surface area is 156 Å². The zero-order valence-corrected chi connectivity index (χ0v) is 16.1. The monoisotopic (exact) mass is 366 g/mol. The average Bonchev–Trinajstić information content (AvgIpc) is 2.82. The number of aliphatic carboxylic acids is 1. The number of hydrogen-bond acceptors (Lipinski definition) is 4. The molecule has 1 saturated carbocycles. The summed E-state index contributed by atoms with van der Waals surface area (Å²) in [6, 6.07) is 0. The van der Waals surface area contributed by atoms with Gasteiger partial charge in [0.05, 0.1) is 11.7 Å². The van der Waals surface area contributed by atoms with E-state index >= 15 is 0 Å². The van der Waals surface area contributed by atoms with E-state index in [0.29, 0.717) is 25.7 Å². The molecule has 0 aromatic heterocycles. The van der Waals surface area contributed by atoms with Crippen LogP contribution in [0.25, 0.3) is 0 Å². The highest BCUT2D eigenvalue weighted by Gasteiger charge is 2.39. The van der Waals surface area contributed by atoms with Crippen LogP contribution in [0.1, 0.15) is 71.6 Å². The SMILES string of the molecule is CCCCC[C@](C)(O)C=CC1C(O)CC(=O)C1CC=CCCCC(=O)O. The Kier molecular flexibility index (Phi) is 9.81. The summed E-state index contributed by atoms with van der Waals surface area (Å²) in [6.07, 6.45) is 12.5. The van der Waals surface area contributed by atoms with Crippen LogP contribution in [0, 0.1) is 11.8 Å². The number of carbonyl (C=O) groups excluding carboxylic acids is 1. The minimum Gasteiger partial charge on any atom is -0.481 e. The lowest BCUT2D eigenvalue weighted by molar-refractivity contribution is -0.137. The van der Waals surface area contributed by atoms with E-state index in [1.54, 1.807) is 13.0 Å². The van der Waals surface area contributed by atoms with Crippen molar-refractivity contribution in [2.45, 2.75) is 83.3 Å². The second kappa shape index (κ2) is 11.3. The van der Waals surface area contributed by atoms with Crippen LogP contribution in [0.4, 0.5) is 0 Å². The lowest BCUT2D eigenvalue weighted by atomic mass is 9.88. The second-order valence-electron chi connectivity index (χ2n) is 7.59. The van der Waals surface area contributed by atoms with Gasteiger partial charge in [-0.3, -0.25) is 9.59 Å². The van der Waals surface area contributed by atoms with E-state index in [4.69, 9.17) is 5.11 Å². The molecule has 1 aliphatic carbocycles. The second-order valence-corrected chi connectivity index (χ2v) is 7.59. The molecule has 1 rings (SSSR count). The standard InChI is InChI=1S/C21H34O5/c1-3-4-9-13-21(2,26)14-12-17-16(18(22)15-19(17)23)10-7-5-6-8-11-20(24)25/h5,7,12,14,16-17,19,23,26H,3-4,6,8-11,13,15H2,1-2H3,(H,24,25)/t16?,17?,19?,21-/m0/s1. The van der Waals surface area contributed by atoms with Gasteiger partial charge >= 0.3 is 5.97 Å². The molecule has 0 amide bonds. The number of carboxylic acids is 1. The van der Waals surface area contributed by atoms with E-state index in [1.807, 2.05) is 18.2 Å². The molecule has 0 aliphatic heterocycles. The molecule has 1 fully saturated rings. The summed E-state index contributed by atoms with van der Waals surface area (Å²) in [5.41, 5.74) is -0.919. The third kappa shape index (κ3) is 8.28. The predicted octanol–water partition coefficient (Wildman–Crippen LogP) is 3.64. The van der Waals surface area contributed by atoms with Gasteiger partial charge in [-0.2, -0.15) is 0 Å². The number of Topliss-reactive ketones (excluding diaryl/α,β-unsaturated/α-hetero) is 1. The van der Waals surface area contributed by atoms with Gasteiger partial charge in [0, 0.05) is 24.7 Å². The van der Waals surface area contributed by atoms with Gasteiger partial charge < -0.3 is 15.3 Å². The summed E-state index contributed by atoms with van der Waals surface area (Å²) in [4.78, 5) is 22.6. The van der Waals surface area contributed by atoms with Crippen LogP contribution < -0.4 is 0 Å². The zero-order chi connectivity index (χ0) is 19.6. The molecule has 0 spiro atoms. The molecular formula is C21H34O5. The van der Waals surface area contributed by atoms with E-state index in [9.17, 15) is 19.8 Å². The fourth-order valence-corrected chi connectivity index (χ4v) is 3.39. The first-order chi connectivity index (χ1) is 12.3. The van der Waals surface area contributed by atoms with Gasteiger partial charge in [-0.1, -0.05) is 50.5 Å². The Morgan fingerprint density at radius 3 is 2.65 bits per heavy atom. The first-order valence-corrected chi connectivity index (χ1v) is 9.76. The van der Waals surface area contributed by atoms with Crippen molar-refractivity contribution in [3.05, 3.63) is 24.3 Å². The molecule has 5 heteroatoms. The van der Waals surface area contributed by atoms with Crippen molar-refractivity contribution in [3.63, 3.8) is 0 Å². The molecule has 3 N–H and O–H groups in total. The summed E-state index contributed by atoms with van der Waals surface area (Å²) in [5, 5.41) is 29.3. The number of allylic oxidation sites excluding steroid dienone is 2. The van der Waals surface area contributed by atoms with Gasteiger partial charge in [0.15, 0.2) is 0 Å². The number of hydrogen-bond donors (Lipinski definition) is 3. The van der Waals surface area contributed by atoms with Crippen molar-refractivity contribution >= 4 is 11.8 Å². The molecule has 4 atom stereocenters. The number of carboxylic acid groups (broad SMARTS) is 1. The van der Waals surface area contributed by atoms with Crippen LogP contribution in [-0.4, -0.2) is 38.8 Å². The highest BCUT2D eigenvalue weighted by Crippen LogP contribution is 2.34. The van der Waals surface area contributed by atoms with Gasteiger partial charge in [0.2, 0.25) is 0 Å². The van der Waals surface area contributed by atoms with E-state index < -0.39 is 17.7 Å². The number of ketones is 1. The Morgan fingerprint density at radius 2 is 2.00 bits per heavy atom. The lowest BCUT2D eigenvalue weighted by Crippen LogP contribution is -2.23. The van der Waals surface area contributed by atoms with Crippen molar-refractivity contribution in [2.75, 3.05) is 0 Å². The molecule has 148 valence electrons. The molecule has 0 radical (unpaired) electrons. The van der Waals surface area contributed by atoms with E-state index in [2.05, 4.69) is 6.92 Å². The fourth-order valence-electron chi connectivity index (χ4n) is 3.39. The van der Waals surface area contributed by atoms with Crippen molar-refractivity contribution < 1.29 is 24.9 Å². The molecule has 0 heterocycles. The quantitative estimate of drug-likeness (QED) is 0.362. The summed E-state index contributed by atoms with van der Waals surface area (Å²) < 4.78 is 0. The molecule has 0 aromatic rings. The summed E-state index contributed by atoms with van der Waals surface area (Å²) in [7, 11) is 0. The minimum absolute atomic E-state index is 0.0490. The first-order valence-electron chi connectivity index (χ1n) is 9.76. The average molecular weight is 366 g/mol. The molecule has 26 heavy (non-hydrogen) atoms. The number of unbranched alkanes of at least 4 members (excludes halogenated alkanes) is 3. The Balaban J connectivity index is 2.58. The highest BCUT2D eigenvalue weighted by molar-refractivity contribution is 5.84. The summed E-state index contributed by atoms with van der Waals surface area (Å²) in [6.45, 7) is 3.88. The largest absolute Gasteiger partial charge is 0.481 e. The summed E-state index contributed by atoms with van der Waals surface area (Å²) in [5.74, 6) is -1.30. The molecule has 3 unspecified atom stereocenters.